The van der Waals surface area contributed by atoms with Crippen molar-refractivity contribution in [2.75, 3.05) is 13.2 Å². The highest BCUT2D eigenvalue weighted by Gasteiger charge is 2.06. The van der Waals surface area contributed by atoms with Crippen molar-refractivity contribution in [1.82, 2.24) is 0 Å². The molecule has 90 valence electrons. The number of aliphatic hydroxyl groups is 2. The van der Waals surface area contributed by atoms with Gasteiger partial charge in [-0.1, -0.05) is 17.7 Å². The summed E-state index contributed by atoms with van der Waals surface area (Å²) in [5.41, 5.74) is 0.631. The molecular weight excluding hydrogens is 228 g/mol. The Morgan fingerprint density at radius 2 is 1.94 bits per heavy atom. The number of hydrogen-bond donors (Lipinski definition) is 2. The SMILES string of the molecule is OCCCCCOc1cccc(Cl)c1CO. The maximum absolute atomic E-state index is 9.14. The van der Waals surface area contributed by atoms with E-state index in [2.05, 4.69) is 0 Å². The van der Waals surface area contributed by atoms with Gasteiger partial charge in [0.2, 0.25) is 0 Å². The zero-order valence-corrected chi connectivity index (χ0v) is 9.91. The van der Waals surface area contributed by atoms with Gasteiger partial charge in [-0.25, -0.2) is 0 Å². The number of aliphatic hydroxyl groups excluding tert-OH is 2. The lowest BCUT2D eigenvalue weighted by Crippen LogP contribution is -2.01. The van der Waals surface area contributed by atoms with Crippen LogP contribution in [0.1, 0.15) is 24.8 Å². The molecule has 0 atom stereocenters. The van der Waals surface area contributed by atoms with Gasteiger partial charge in [-0.05, 0) is 31.4 Å². The first kappa shape index (κ1) is 13.3. The third-order valence-corrected chi connectivity index (χ3v) is 2.65. The molecule has 0 aliphatic heterocycles. The Labute approximate surface area is 101 Å². The lowest BCUT2D eigenvalue weighted by atomic mass is 10.2. The molecule has 0 fully saturated rings. The molecule has 0 saturated heterocycles. The summed E-state index contributed by atoms with van der Waals surface area (Å²) in [4.78, 5) is 0. The molecule has 0 heterocycles. The zero-order valence-electron chi connectivity index (χ0n) is 9.16. The highest BCUT2D eigenvalue weighted by Crippen LogP contribution is 2.26. The minimum atomic E-state index is -0.119. The molecule has 0 saturated carbocycles. The van der Waals surface area contributed by atoms with Crippen LogP contribution in [-0.4, -0.2) is 23.4 Å². The number of rotatable bonds is 7. The van der Waals surface area contributed by atoms with E-state index >= 15 is 0 Å². The zero-order chi connectivity index (χ0) is 11.8. The normalized spacial score (nSPS) is 10.4. The molecule has 0 aliphatic carbocycles. The van der Waals surface area contributed by atoms with E-state index in [9.17, 15) is 0 Å². The molecule has 0 aliphatic rings. The van der Waals surface area contributed by atoms with Gasteiger partial charge in [0.05, 0.1) is 13.2 Å². The van der Waals surface area contributed by atoms with Crippen LogP contribution in [0.5, 0.6) is 5.75 Å². The molecule has 0 unspecified atom stereocenters. The molecule has 1 aromatic rings. The Kier molecular flexibility index (Phi) is 6.23. The molecular formula is C12H17ClO3. The van der Waals surface area contributed by atoms with Crippen LogP contribution in [0.2, 0.25) is 5.02 Å². The number of benzene rings is 1. The van der Waals surface area contributed by atoms with Crippen LogP contribution in [0.3, 0.4) is 0 Å². The highest BCUT2D eigenvalue weighted by molar-refractivity contribution is 6.31. The molecule has 0 radical (unpaired) electrons. The van der Waals surface area contributed by atoms with E-state index in [1.165, 1.54) is 0 Å². The maximum atomic E-state index is 9.14. The second-order valence-electron chi connectivity index (χ2n) is 3.51. The number of hydrogen-bond acceptors (Lipinski definition) is 3. The molecule has 1 aromatic carbocycles. The third-order valence-electron chi connectivity index (χ3n) is 2.29. The summed E-state index contributed by atoms with van der Waals surface area (Å²) in [5, 5.41) is 18.3. The molecule has 16 heavy (non-hydrogen) atoms. The molecule has 3 nitrogen and oxygen atoms in total. The van der Waals surface area contributed by atoms with Gasteiger partial charge in [0.1, 0.15) is 5.75 Å². The molecule has 1 rings (SSSR count). The molecule has 2 N–H and O–H groups in total. The first-order chi connectivity index (χ1) is 7.79. The van der Waals surface area contributed by atoms with E-state index in [0.717, 1.165) is 19.3 Å². The quantitative estimate of drug-likeness (QED) is 0.724. The van der Waals surface area contributed by atoms with Gasteiger partial charge in [0, 0.05) is 17.2 Å². The second-order valence-corrected chi connectivity index (χ2v) is 3.91. The molecule has 0 spiro atoms. The van der Waals surface area contributed by atoms with Gasteiger partial charge in [0.25, 0.3) is 0 Å². The fourth-order valence-electron chi connectivity index (χ4n) is 1.40. The average Bonchev–Trinajstić information content (AvgIpc) is 2.29. The van der Waals surface area contributed by atoms with Crippen LogP contribution >= 0.6 is 11.6 Å². The predicted molar refractivity (Wildman–Crippen MR) is 63.8 cm³/mol. The maximum Gasteiger partial charge on any atom is 0.126 e. The molecule has 0 bridgehead atoms. The number of ether oxygens (including phenoxy) is 1. The van der Waals surface area contributed by atoms with Crippen molar-refractivity contribution in [2.45, 2.75) is 25.9 Å². The van der Waals surface area contributed by atoms with E-state index < -0.39 is 0 Å². The van der Waals surface area contributed by atoms with E-state index in [1.54, 1.807) is 18.2 Å². The lowest BCUT2D eigenvalue weighted by Gasteiger charge is -2.10. The van der Waals surface area contributed by atoms with Gasteiger partial charge < -0.3 is 14.9 Å². The van der Waals surface area contributed by atoms with Crippen LogP contribution in [0.4, 0.5) is 0 Å². The van der Waals surface area contributed by atoms with Crippen LogP contribution < -0.4 is 4.74 Å². The minimum absolute atomic E-state index is 0.119. The topological polar surface area (TPSA) is 49.7 Å². The summed E-state index contributed by atoms with van der Waals surface area (Å²) < 4.78 is 5.53. The van der Waals surface area contributed by atoms with E-state index in [-0.39, 0.29) is 13.2 Å². The molecule has 0 aromatic heterocycles. The second kappa shape index (κ2) is 7.49. The first-order valence-electron chi connectivity index (χ1n) is 5.41. The molecule has 0 amide bonds. The monoisotopic (exact) mass is 244 g/mol. The Hall–Kier alpha value is -0.770. The van der Waals surface area contributed by atoms with Crippen LogP contribution in [0.25, 0.3) is 0 Å². The third kappa shape index (κ3) is 4.00. The Morgan fingerprint density at radius 3 is 2.62 bits per heavy atom. The van der Waals surface area contributed by atoms with Crippen LogP contribution in [0.15, 0.2) is 18.2 Å². The number of halogens is 1. The first-order valence-corrected chi connectivity index (χ1v) is 5.79. The van der Waals surface area contributed by atoms with Gasteiger partial charge >= 0.3 is 0 Å². The lowest BCUT2D eigenvalue weighted by molar-refractivity contribution is 0.252. The summed E-state index contributed by atoms with van der Waals surface area (Å²) in [6.07, 6.45) is 2.62. The van der Waals surface area contributed by atoms with Gasteiger partial charge in [-0.15, -0.1) is 0 Å². The van der Waals surface area contributed by atoms with E-state index in [4.69, 9.17) is 26.6 Å². The van der Waals surface area contributed by atoms with Crippen molar-refractivity contribution in [2.24, 2.45) is 0 Å². The van der Waals surface area contributed by atoms with E-state index in [1.807, 2.05) is 0 Å². The fourth-order valence-corrected chi connectivity index (χ4v) is 1.63. The Balaban J connectivity index is 2.44. The smallest absolute Gasteiger partial charge is 0.126 e. The highest BCUT2D eigenvalue weighted by atomic mass is 35.5. The van der Waals surface area contributed by atoms with Gasteiger partial charge in [0.15, 0.2) is 0 Å². The fraction of sp³-hybridized carbons (Fsp3) is 0.500. The molecule has 4 heteroatoms. The summed E-state index contributed by atoms with van der Waals surface area (Å²) in [7, 11) is 0. The summed E-state index contributed by atoms with van der Waals surface area (Å²) >= 11 is 5.92. The standard InChI is InChI=1S/C12H17ClO3/c13-11-5-4-6-12(10(11)9-15)16-8-3-1-2-7-14/h4-6,14-15H,1-3,7-9H2. The van der Waals surface area contributed by atoms with Crippen LogP contribution in [0, 0.1) is 0 Å². The van der Waals surface area contributed by atoms with Crippen molar-refractivity contribution in [3.8, 4) is 5.75 Å². The predicted octanol–water partition coefficient (Wildman–Crippen LogP) is 2.37. The Morgan fingerprint density at radius 1 is 1.12 bits per heavy atom. The van der Waals surface area contributed by atoms with Crippen molar-refractivity contribution < 1.29 is 14.9 Å². The average molecular weight is 245 g/mol. The largest absolute Gasteiger partial charge is 0.493 e. The van der Waals surface area contributed by atoms with Crippen molar-refractivity contribution in [1.29, 1.82) is 0 Å². The van der Waals surface area contributed by atoms with Crippen molar-refractivity contribution in [3.05, 3.63) is 28.8 Å². The van der Waals surface area contributed by atoms with Gasteiger partial charge in [-0.2, -0.15) is 0 Å². The number of unbranched alkanes of at least 4 members (excludes halogenated alkanes) is 2. The minimum Gasteiger partial charge on any atom is -0.493 e. The van der Waals surface area contributed by atoms with Crippen LogP contribution in [-0.2, 0) is 6.61 Å². The van der Waals surface area contributed by atoms with Gasteiger partial charge in [-0.3, -0.25) is 0 Å². The summed E-state index contributed by atoms with van der Waals surface area (Å²) in [5.74, 6) is 0.638. The van der Waals surface area contributed by atoms with Crippen molar-refractivity contribution in [3.63, 3.8) is 0 Å². The van der Waals surface area contributed by atoms with E-state index in [0.29, 0.717) is 22.9 Å². The van der Waals surface area contributed by atoms with Crippen molar-refractivity contribution >= 4 is 11.6 Å². The summed E-state index contributed by atoms with van der Waals surface area (Å²) in [6.45, 7) is 0.679. The Bertz CT molecular complexity index is 315. The summed E-state index contributed by atoms with van der Waals surface area (Å²) in [6, 6.07) is 5.32.